The van der Waals surface area contributed by atoms with Crippen LogP contribution in [0.25, 0.3) is 0 Å². The number of hydrogen-bond acceptors (Lipinski definition) is 3. The molecule has 0 aliphatic carbocycles. The van der Waals surface area contributed by atoms with Crippen LogP contribution in [-0.2, 0) is 6.54 Å². The average molecular weight is 260 g/mol. The molecule has 0 amide bonds. The first kappa shape index (κ1) is 13.5. The van der Waals surface area contributed by atoms with Gasteiger partial charge in [-0.1, -0.05) is 6.92 Å². The minimum absolute atomic E-state index is 0.403. The molecule has 1 atom stereocenters. The van der Waals surface area contributed by atoms with Crippen LogP contribution in [-0.4, -0.2) is 25.8 Å². The van der Waals surface area contributed by atoms with Crippen molar-refractivity contribution in [3.05, 3.63) is 34.9 Å². The second kappa shape index (κ2) is 5.38. The zero-order valence-corrected chi connectivity index (χ0v) is 11.9. The number of aldehydes is 1. The van der Waals surface area contributed by atoms with Gasteiger partial charge >= 0.3 is 0 Å². The Balaban J connectivity index is 2.22. The third-order valence-corrected chi connectivity index (χ3v) is 3.57. The second-order valence-electron chi connectivity index (χ2n) is 4.90. The SMILES string of the molecule is CCC(C)n1ccc(Cn2nc(C)c(C=O)c2C)n1. The van der Waals surface area contributed by atoms with Gasteiger partial charge in [-0.15, -0.1) is 0 Å². The van der Waals surface area contributed by atoms with E-state index in [-0.39, 0.29) is 0 Å². The van der Waals surface area contributed by atoms with Crippen LogP contribution in [0.4, 0.5) is 0 Å². The Morgan fingerprint density at radius 2 is 2.11 bits per heavy atom. The first-order chi connectivity index (χ1) is 9.06. The Bertz CT molecular complexity index is 582. The molecule has 0 saturated heterocycles. The summed E-state index contributed by atoms with van der Waals surface area (Å²) in [5.74, 6) is 0. The number of nitrogens with zero attached hydrogens (tertiary/aromatic N) is 4. The molecule has 0 bridgehead atoms. The maximum absolute atomic E-state index is 11.0. The molecular formula is C14H20N4O. The highest BCUT2D eigenvalue weighted by Crippen LogP contribution is 2.13. The molecule has 5 heteroatoms. The van der Waals surface area contributed by atoms with Crippen molar-refractivity contribution in [2.75, 3.05) is 0 Å². The summed E-state index contributed by atoms with van der Waals surface area (Å²) in [6.45, 7) is 8.65. The van der Waals surface area contributed by atoms with Crippen molar-refractivity contribution >= 4 is 6.29 Å². The van der Waals surface area contributed by atoms with Crippen LogP contribution in [0.15, 0.2) is 12.3 Å². The van der Waals surface area contributed by atoms with E-state index in [9.17, 15) is 4.79 Å². The third kappa shape index (κ3) is 2.59. The lowest BCUT2D eigenvalue weighted by molar-refractivity contribution is 0.112. The first-order valence-electron chi connectivity index (χ1n) is 6.60. The van der Waals surface area contributed by atoms with Gasteiger partial charge < -0.3 is 0 Å². The Morgan fingerprint density at radius 3 is 2.68 bits per heavy atom. The van der Waals surface area contributed by atoms with Crippen molar-refractivity contribution < 1.29 is 4.79 Å². The van der Waals surface area contributed by atoms with E-state index in [1.165, 1.54) is 0 Å². The van der Waals surface area contributed by atoms with Crippen LogP contribution < -0.4 is 0 Å². The van der Waals surface area contributed by atoms with Gasteiger partial charge in [0.15, 0.2) is 6.29 Å². The summed E-state index contributed by atoms with van der Waals surface area (Å²) < 4.78 is 3.81. The largest absolute Gasteiger partial charge is 0.298 e. The predicted molar refractivity (Wildman–Crippen MR) is 73.4 cm³/mol. The van der Waals surface area contributed by atoms with Crippen molar-refractivity contribution in [2.24, 2.45) is 0 Å². The van der Waals surface area contributed by atoms with Gasteiger partial charge in [0.2, 0.25) is 0 Å². The van der Waals surface area contributed by atoms with Crippen LogP contribution in [0.2, 0.25) is 0 Å². The van der Waals surface area contributed by atoms with Crippen LogP contribution in [0.5, 0.6) is 0 Å². The number of aromatic nitrogens is 4. The Morgan fingerprint density at radius 1 is 1.37 bits per heavy atom. The molecule has 19 heavy (non-hydrogen) atoms. The maximum atomic E-state index is 11.0. The summed E-state index contributed by atoms with van der Waals surface area (Å²) in [4.78, 5) is 11.0. The molecule has 2 rings (SSSR count). The minimum Gasteiger partial charge on any atom is -0.298 e. The highest BCUT2D eigenvalue weighted by molar-refractivity contribution is 5.78. The lowest BCUT2D eigenvalue weighted by atomic mass is 10.2. The van der Waals surface area contributed by atoms with E-state index in [1.807, 2.05) is 35.5 Å². The van der Waals surface area contributed by atoms with Crippen LogP contribution in [0.3, 0.4) is 0 Å². The van der Waals surface area contributed by atoms with Gasteiger partial charge in [-0.3, -0.25) is 14.2 Å². The van der Waals surface area contributed by atoms with E-state index in [1.54, 1.807) is 0 Å². The average Bonchev–Trinajstić information content (AvgIpc) is 2.95. The van der Waals surface area contributed by atoms with Crippen molar-refractivity contribution in [1.82, 2.24) is 19.6 Å². The van der Waals surface area contributed by atoms with Gasteiger partial charge in [-0.25, -0.2) is 0 Å². The standard InChI is InChI=1S/C14H20N4O/c1-5-10(2)17-7-6-13(16-17)8-18-12(4)14(9-19)11(3)15-18/h6-7,9-10H,5,8H2,1-4H3. The van der Waals surface area contributed by atoms with Crippen molar-refractivity contribution in [3.8, 4) is 0 Å². The molecule has 0 spiro atoms. The van der Waals surface area contributed by atoms with Crippen molar-refractivity contribution in [2.45, 2.75) is 46.7 Å². The van der Waals surface area contributed by atoms with Gasteiger partial charge in [0.05, 0.1) is 23.5 Å². The summed E-state index contributed by atoms with van der Waals surface area (Å²) in [5.41, 5.74) is 3.31. The third-order valence-electron chi connectivity index (χ3n) is 3.57. The molecule has 2 aromatic rings. The number of carbonyl (C=O) groups excluding carboxylic acids is 1. The molecule has 2 aromatic heterocycles. The topological polar surface area (TPSA) is 52.7 Å². The lowest BCUT2D eigenvalue weighted by Crippen LogP contribution is -2.08. The fraction of sp³-hybridized carbons (Fsp3) is 0.500. The quantitative estimate of drug-likeness (QED) is 0.776. The molecule has 5 nitrogen and oxygen atoms in total. The Kier molecular flexibility index (Phi) is 3.83. The van der Waals surface area contributed by atoms with Crippen molar-refractivity contribution in [1.29, 1.82) is 0 Å². The van der Waals surface area contributed by atoms with Gasteiger partial charge in [0.1, 0.15) is 0 Å². The maximum Gasteiger partial charge on any atom is 0.153 e. The minimum atomic E-state index is 0.403. The molecule has 0 radical (unpaired) electrons. The zero-order chi connectivity index (χ0) is 14.0. The van der Waals surface area contributed by atoms with E-state index < -0.39 is 0 Å². The molecule has 1 unspecified atom stereocenters. The fourth-order valence-corrected chi connectivity index (χ4v) is 2.08. The smallest absolute Gasteiger partial charge is 0.153 e. The highest BCUT2D eigenvalue weighted by Gasteiger charge is 2.12. The number of carbonyl (C=O) groups is 1. The number of rotatable bonds is 5. The van der Waals surface area contributed by atoms with Gasteiger partial charge in [-0.2, -0.15) is 10.2 Å². The van der Waals surface area contributed by atoms with E-state index in [2.05, 4.69) is 24.0 Å². The van der Waals surface area contributed by atoms with Crippen LogP contribution >= 0.6 is 0 Å². The fourth-order valence-electron chi connectivity index (χ4n) is 2.08. The summed E-state index contributed by atoms with van der Waals surface area (Å²) in [7, 11) is 0. The molecular weight excluding hydrogens is 240 g/mol. The molecule has 0 aromatic carbocycles. The van der Waals surface area contributed by atoms with Crippen molar-refractivity contribution in [3.63, 3.8) is 0 Å². The summed E-state index contributed by atoms with van der Waals surface area (Å²) in [6.07, 6.45) is 3.91. The molecule has 0 aliphatic rings. The van der Waals surface area contributed by atoms with Gasteiger partial charge in [0.25, 0.3) is 0 Å². The van der Waals surface area contributed by atoms with Crippen LogP contribution in [0, 0.1) is 13.8 Å². The molecule has 102 valence electrons. The van der Waals surface area contributed by atoms with E-state index in [4.69, 9.17) is 0 Å². The van der Waals surface area contributed by atoms with E-state index in [0.29, 0.717) is 18.2 Å². The molecule has 0 aliphatic heterocycles. The molecule has 0 saturated carbocycles. The highest BCUT2D eigenvalue weighted by atomic mass is 16.1. The second-order valence-corrected chi connectivity index (χ2v) is 4.90. The normalized spacial score (nSPS) is 12.6. The lowest BCUT2D eigenvalue weighted by Gasteiger charge is -2.08. The van der Waals surface area contributed by atoms with Gasteiger partial charge in [-0.05, 0) is 33.3 Å². The summed E-state index contributed by atoms with van der Waals surface area (Å²) in [5, 5.41) is 8.94. The van der Waals surface area contributed by atoms with E-state index >= 15 is 0 Å². The molecule has 0 fully saturated rings. The Labute approximate surface area is 113 Å². The Hall–Kier alpha value is -1.91. The predicted octanol–water partition coefficient (Wildman–Crippen LogP) is 2.53. The number of hydrogen-bond donors (Lipinski definition) is 0. The summed E-state index contributed by atoms with van der Waals surface area (Å²) >= 11 is 0. The van der Waals surface area contributed by atoms with Gasteiger partial charge in [0, 0.05) is 17.9 Å². The summed E-state index contributed by atoms with van der Waals surface area (Å²) in [6, 6.07) is 2.41. The molecule has 0 N–H and O–H groups in total. The molecule has 2 heterocycles. The van der Waals surface area contributed by atoms with Crippen LogP contribution in [0.1, 0.15) is 53.7 Å². The number of aryl methyl sites for hydroxylation is 1. The zero-order valence-electron chi connectivity index (χ0n) is 11.9. The van der Waals surface area contributed by atoms with E-state index in [0.717, 1.165) is 29.8 Å². The monoisotopic (exact) mass is 260 g/mol. The first-order valence-corrected chi connectivity index (χ1v) is 6.60.